The molecule has 9 atom stereocenters. The monoisotopic (exact) mass is 932 g/mol. The SMILES string of the molecule is COc1ccc2c(O[C@@H]3C[C@H]4C(=O)N[C@]5(C(=O)NS(=O)(=O)C6CC6)C[C@H]5/C=C\CC[C@@H](C)C[C@@H](C)[C@H](NC(=O)OC5CC6C(C)C6C5)C(=O)N4C3)nc(-c3ccc(OC(C)C)cn3)cc2c1.[HH].[HH].[HH]. The minimum atomic E-state index is -3.94. The Morgan fingerprint density at radius 2 is 1.71 bits per heavy atom. The van der Waals surface area contributed by atoms with Gasteiger partial charge in [0.1, 0.15) is 41.3 Å². The number of carbonyl (C=O) groups excluding carboxylic acids is 4. The third kappa shape index (κ3) is 9.54. The molecule has 9 rings (SSSR count). The number of fused-ring (bicyclic) bond motifs is 4. The third-order valence-electron chi connectivity index (χ3n) is 14.6. The maximum absolute atomic E-state index is 15.2. The topological polar surface area (TPSA) is 204 Å². The quantitative estimate of drug-likeness (QED) is 0.170. The minimum absolute atomic E-state index is 0. The van der Waals surface area contributed by atoms with E-state index < -0.39 is 68.7 Å². The highest BCUT2D eigenvalue weighted by molar-refractivity contribution is 7.91. The van der Waals surface area contributed by atoms with Crippen LogP contribution in [0.5, 0.6) is 17.4 Å². The number of nitrogens with one attached hydrogen (secondary N) is 3. The van der Waals surface area contributed by atoms with Crippen molar-refractivity contribution in [2.75, 3.05) is 13.7 Å². The Morgan fingerprint density at radius 3 is 2.41 bits per heavy atom. The zero-order valence-corrected chi connectivity index (χ0v) is 39.3. The zero-order chi connectivity index (χ0) is 46.7. The molecule has 4 aliphatic carbocycles. The smallest absolute Gasteiger partial charge is 0.408 e. The lowest BCUT2D eigenvalue weighted by Gasteiger charge is -2.33. The van der Waals surface area contributed by atoms with E-state index in [2.05, 4.69) is 34.2 Å². The summed E-state index contributed by atoms with van der Waals surface area (Å²) >= 11 is 0. The molecule has 0 spiro atoms. The first-order chi connectivity index (χ1) is 31.5. The molecule has 2 aromatic heterocycles. The number of methoxy groups -OCH3 is 1. The van der Waals surface area contributed by atoms with Crippen LogP contribution in [0.15, 0.2) is 54.7 Å². The van der Waals surface area contributed by atoms with Crippen molar-refractivity contribution in [3.63, 3.8) is 0 Å². The number of benzene rings is 1. The zero-order valence-electron chi connectivity index (χ0n) is 38.5. The normalized spacial score (nSPS) is 32.4. The molecule has 0 bridgehead atoms. The first-order valence-corrected chi connectivity index (χ1v) is 25.2. The summed E-state index contributed by atoms with van der Waals surface area (Å²) in [7, 11) is -2.35. The maximum atomic E-state index is 15.2. The second-order valence-electron chi connectivity index (χ2n) is 20.0. The number of alkyl carbamates (subject to hydrolysis) is 1. The first-order valence-electron chi connectivity index (χ1n) is 23.6. The number of pyridine rings is 2. The van der Waals surface area contributed by atoms with Crippen LogP contribution in [0.3, 0.4) is 0 Å². The van der Waals surface area contributed by atoms with Crippen molar-refractivity contribution in [2.45, 2.75) is 134 Å². The predicted octanol–water partition coefficient (Wildman–Crippen LogP) is 6.81. The minimum Gasteiger partial charge on any atom is -0.497 e. The molecular formula is C49H68N6O10S. The largest absolute Gasteiger partial charge is 0.497 e. The molecule has 2 aliphatic heterocycles. The molecule has 4 heterocycles. The van der Waals surface area contributed by atoms with Crippen molar-refractivity contribution in [1.82, 2.24) is 30.2 Å². The van der Waals surface area contributed by atoms with Gasteiger partial charge in [-0.2, -0.15) is 0 Å². The number of aromatic nitrogens is 2. The van der Waals surface area contributed by atoms with E-state index in [1.165, 1.54) is 4.90 Å². The molecular weight excluding hydrogens is 865 g/mol. The molecule has 0 radical (unpaired) electrons. The van der Waals surface area contributed by atoms with Crippen molar-refractivity contribution >= 4 is 44.6 Å². The molecule has 4 saturated carbocycles. The van der Waals surface area contributed by atoms with Gasteiger partial charge < -0.3 is 34.5 Å². The average molecular weight is 933 g/mol. The van der Waals surface area contributed by atoms with Crippen molar-refractivity contribution in [1.29, 1.82) is 0 Å². The molecule has 4 amide bonds. The number of sulfonamides is 1. The third-order valence-corrected chi connectivity index (χ3v) is 16.5. The van der Waals surface area contributed by atoms with Gasteiger partial charge in [0.05, 0.1) is 42.6 Å². The Morgan fingerprint density at radius 1 is 0.955 bits per heavy atom. The number of allylic oxidation sites excluding steroid dienone is 1. The molecule has 1 saturated heterocycles. The number of hydrogen-bond acceptors (Lipinski definition) is 12. The molecule has 360 valence electrons. The molecule has 16 nitrogen and oxygen atoms in total. The van der Waals surface area contributed by atoms with E-state index in [0.29, 0.717) is 71.7 Å². The van der Waals surface area contributed by atoms with Crippen LogP contribution in [0, 0.1) is 35.5 Å². The summed E-state index contributed by atoms with van der Waals surface area (Å²) in [4.78, 5) is 68.7. The van der Waals surface area contributed by atoms with Gasteiger partial charge in [-0.1, -0.05) is 32.9 Å². The van der Waals surface area contributed by atoms with E-state index >= 15 is 4.79 Å². The summed E-state index contributed by atoms with van der Waals surface area (Å²) in [6, 6.07) is 8.78. The van der Waals surface area contributed by atoms with E-state index in [1.54, 1.807) is 19.4 Å². The van der Waals surface area contributed by atoms with Gasteiger partial charge in [-0.3, -0.25) is 24.1 Å². The summed E-state index contributed by atoms with van der Waals surface area (Å²) in [5.74, 6) is 0.621. The molecule has 5 fully saturated rings. The lowest BCUT2D eigenvalue weighted by Crippen LogP contribution is -2.59. The van der Waals surface area contributed by atoms with E-state index in [4.69, 9.17) is 23.9 Å². The van der Waals surface area contributed by atoms with Crippen LogP contribution in [-0.2, 0) is 29.1 Å². The van der Waals surface area contributed by atoms with Crippen LogP contribution >= 0.6 is 0 Å². The fourth-order valence-corrected chi connectivity index (χ4v) is 12.0. The summed E-state index contributed by atoms with van der Waals surface area (Å²) in [5.41, 5.74) is -0.482. The summed E-state index contributed by atoms with van der Waals surface area (Å²) in [6.45, 7) is 10.1. The van der Waals surface area contributed by atoms with Gasteiger partial charge in [0.15, 0.2) is 0 Å². The Balaban J connectivity index is 0.00000261. The molecule has 66 heavy (non-hydrogen) atoms. The molecule has 3 aromatic rings. The maximum Gasteiger partial charge on any atom is 0.408 e. The van der Waals surface area contributed by atoms with Gasteiger partial charge in [0, 0.05) is 22.0 Å². The number of nitrogens with zero attached hydrogens (tertiary/aromatic N) is 3. The van der Waals surface area contributed by atoms with Crippen LogP contribution < -0.4 is 29.6 Å². The molecule has 17 heteroatoms. The van der Waals surface area contributed by atoms with Crippen LogP contribution in [-0.4, -0.2) is 102 Å². The highest BCUT2D eigenvalue weighted by Gasteiger charge is 2.62. The van der Waals surface area contributed by atoms with Crippen LogP contribution in [0.25, 0.3) is 22.2 Å². The van der Waals surface area contributed by atoms with Crippen molar-refractivity contribution in [3.8, 4) is 28.8 Å². The number of carbonyl (C=O) groups is 4. The lowest BCUT2D eigenvalue weighted by molar-refractivity contribution is -0.142. The van der Waals surface area contributed by atoms with Gasteiger partial charge >= 0.3 is 6.09 Å². The highest BCUT2D eigenvalue weighted by Crippen LogP contribution is 2.57. The second-order valence-corrected chi connectivity index (χ2v) is 22.0. The van der Waals surface area contributed by atoms with E-state index in [-0.39, 0.29) is 53.6 Å². The molecule has 6 aliphatic rings. The first kappa shape index (κ1) is 45.7. The van der Waals surface area contributed by atoms with Crippen LogP contribution in [0.2, 0.25) is 0 Å². The average Bonchev–Trinajstić information content (AvgIpc) is 4.24. The number of hydrogen-bond donors (Lipinski definition) is 3. The molecule has 1 aromatic carbocycles. The molecule has 3 N–H and O–H groups in total. The van der Waals surface area contributed by atoms with Crippen molar-refractivity contribution < 1.29 is 50.8 Å². The Kier molecular flexibility index (Phi) is 12.4. The predicted molar refractivity (Wildman–Crippen MR) is 251 cm³/mol. The second kappa shape index (κ2) is 18.0. The molecule has 2 unspecified atom stereocenters. The Hall–Kier alpha value is -5.45. The summed E-state index contributed by atoms with van der Waals surface area (Å²) in [5, 5.41) is 6.64. The fraction of sp³-hybridized carbons (Fsp3) is 0.592. The Bertz CT molecular complexity index is 2520. The van der Waals surface area contributed by atoms with E-state index in [0.717, 1.165) is 24.6 Å². The standard InChI is InChI=1S/C49H62N6O10S.3H2/c1-26(2)63-33-12-16-40(50-24-33)41-19-30-18-32(62-6)11-15-37(30)45(51-41)64-35-22-42-44(56)53-49(47(58)54-66(60,61)36-13-14-36)23-31(49)10-8-7-9-27(3)17-28(4)43(46(57)55(42)25-35)52-48(59)65-34-20-38-29(5)39(38)21-34;;;/h8,10-12,15-16,18-19,24,26-29,31,34-36,38-39,42-43H,7,9,13-14,17,20-23,25H2,1-6H3,(H,52,59)(H,53,56)(H,54,58);3*1H/b10-8-;;;/t27-,28-,29?,31-,34?,35-,38?,39?,42+,43+,49-;;;/m1.../s1. The van der Waals surface area contributed by atoms with Crippen LogP contribution in [0.1, 0.15) is 96.7 Å². The van der Waals surface area contributed by atoms with Crippen LogP contribution in [0.4, 0.5) is 4.79 Å². The van der Waals surface area contributed by atoms with Gasteiger partial charge in [-0.05, 0) is 137 Å². The van der Waals surface area contributed by atoms with Crippen molar-refractivity contribution in [2.24, 2.45) is 35.5 Å². The van der Waals surface area contributed by atoms with Gasteiger partial charge in [0.2, 0.25) is 27.7 Å². The van der Waals surface area contributed by atoms with E-state index in [9.17, 15) is 22.8 Å². The summed E-state index contributed by atoms with van der Waals surface area (Å²) < 4.78 is 52.5. The Labute approximate surface area is 390 Å². The van der Waals surface area contributed by atoms with Gasteiger partial charge in [-0.15, -0.1) is 0 Å². The fourth-order valence-electron chi connectivity index (χ4n) is 10.6. The summed E-state index contributed by atoms with van der Waals surface area (Å²) in [6.07, 6.45) is 8.53. The number of ether oxygens (including phenoxy) is 4. The number of amides is 4. The lowest BCUT2D eigenvalue weighted by atomic mass is 9.88. The van der Waals surface area contributed by atoms with E-state index in [1.807, 2.05) is 63.3 Å². The number of rotatable bonds is 11. The van der Waals surface area contributed by atoms with Gasteiger partial charge in [-0.25, -0.2) is 18.2 Å². The van der Waals surface area contributed by atoms with Crippen molar-refractivity contribution in [3.05, 3.63) is 54.7 Å². The highest BCUT2D eigenvalue weighted by atomic mass is 32.2. The van der Waals surface area contributed by atoms with Gasteiger partial charge in [0.25, 0.3) is 5.91 Å².